The van der Waals surface area contributed by atoms with Gasteiger partial charge in [0, 0.05) is 22.7 Å². The van der Waals surface area contributed by atoms with Crippen molar-refractivity contribution in [3.05, 3.63) is 60.0 Å². The van der Waals surface area contributed by atoms with Crippen molar-refractivity contribution >= 4 is 16.9 Å². The predicted molar refractivity (Wildman–Crippen MR) is 75.0 cm³/mol. The first kappa shape index (κ1) is 12.4. The van der Waals surface area contributed by atoms with Gasteiger partial charge < -0.3 is 9.72 Å². The van der Waals surface area contributed by atoms with E-state index in [9.17, 15) is 9.18 Å². The fraction of sp³-hybridized carbons (Fsp3) is 0.0625. The number of fused-ring (bicyclic) bond motifs is 1. The molecule has 0 fully saturated rings. The van der Waals surface area contributed by atoms with Gasteiger partial charge in [-0.25, -0.2) is 9.18 Å². The Morgan fingerprint density at radius 2 is 1.90 bits per heavy atom. The Bertz CT molecular complexity index is 775. The summed E-state index contributed by atoms with van der Waals surface area (Å²) in [6, 6.07) is 11.6. The third-order valence-corrected chi connectivity index (χ3v) is 3.26. The second kappa shape index (κ2) is 4.81. The number of aromatic amines is 1. The number of aromatic nitrogens is 1. The van der Waals surface area contributed by atoms with Crippen LogP contribution in [-0.4, -0.2) is 18.1 Å². The maximum atomic E-state index is 13.0. The molecule has 0 spiro atoms. The summed E-state index contributed by atoms with van der Waals surface area (Å²) in [4.78, 5) is 14.6. The van der Waals surface area contributed by atoms with E-state index in [0.717, 1.165) is 22.0 Å². The van der Waals surface area contributed by atoms with Crippen LogP contribution in [0, 0.1) is 5.82 Å². The van der Waals surface area contributed by atoms with E-state index >= 15 is 0 Å². The van der Waals surface area contributed by atoms with Crippen molar-refractivity contribution in [3.8, 4) is 11.1 Å². The van der Waals surface area contributed by atoms with Gasteiger partial charge in [0.2, 0.25) is 0 Å². The quantitative estimate of drug-likeness (QED) is 0.720. The topological polar surface area (TPSA) is 42.1 Å². The number of esters is 1. The second-order valence-corrected chi connectivity index (χ2v) is 4.46. The van der Waals surface area contributed by atoms with Crippen molar-refractivity contribution in [1.29, 1.82) is 0 Å². The van der Waals surface area contributed by atoms with E-state index in [4.69, 9.17) is 4.74 Å². The molecule has 0 aliphatic heterocycles. The molecule has 0 saturated heterocycles. The van der Waals surface area contributed by atoms with Gasteiger partial charge in [0.1, 0.15) is 5.82 Å². The minimum Gasteiger partial charge on any atom is -0.465 e. The second-order valence-electron chi connectivity index (χ2n) is 4.46. The molecule has 3 aromatic rings. The number of rotatable bonds is 2. The van der Waals surface area contributed by atoms with Crippen LogP contribution in [0.5, 0.6) is 0 Å². The molecule has 3 nitrogen and oxygen atoms in total. The zero-order valence-corrected chi connectivity index (χ0v) is 10.8. The number of carbonyl (C=O) groups is 1. The molecule has 0 atom stereocenters. The largest absolute Gasteiger partial charge is 0.465 e. The lowest BCUT2D eigenvalue weighted by Gasteiger charge is -2.01. The summed E-state index contributed by atoms with van der Waals surface area (Å²) in [7, 11) is 1.35. The van der Waals surface area contributed by atoms with Crippen molar-refractivity contribution in [2.24, 2.45) is 0 Å². The fourth-order valence-electron chi connectivity index (χ4n) is 2.24. The summed E-state index contributed by atoms with van der Waals surface area (Å²) in [5.41, 5.74) is 3.22. The number of ether oxygens (including phenoxy) is 1. The van der Waals surface area contributed by atoms with Crippen molar-refractivity contribution in [3.63, 3.8) is 0 Å². The van der Waals surface area contributed by atoms with Crippen molar-refractivity contribution in [2.75, 3.05) is 7.11 Å². The summed E-state index contributed by atoms with van der Waals surface area (Å²) in [6.45, 7) is 0. The monoisotopic (exact) mass is 269 g/mol. The Morgan fingerprint density at radius 1 is 1.15 bits per heavy atom. The highest BCUT2D eigenvalue weighted by Crippen LogP contribution is 2.29. The number of halogens is 1. The highest BCUT2D eigenvalue weighted by molar-refractivity contribution is 6.00. The minimum absolute atomic E-state index is 0.262. The summed E-state index contributed by atoms with van der Waals surface area (Å²) in [5, 5.41) is 0.976. The van der Waals surface area contributed by atoms with E-state index in [-0.39, 0.29) is 11.8 Å². The molecule has 100 valence electrons. The van der Waals surface area contributed by atoms with Gasteiger partial charge in [-0.3, -0.25) is 0 Å². The Labute approximate surface area is 115 Å². The molecule has 3 rings (SSSR count). The SMILES string of the molecule is COC(=O)c1ccc2c(-c3ccc(F)cc3)c[nH]c2c1. The van der Waals surface area contributed by atoms with Crippen molar-refractivity contribution in [1.82, 2.24) is 4.98 Å². The molecule has 0 aliphatic carbocycles. The minimum atomic E-state index is -0.371. The van der Waals surface area contributed by atoms with Gasteiger partial charge in [-0.05, 0) is 29.8 Å². The van der Waals surface area contributed by atoms with Crippen LogP contribution in [-0.2, 0) is 4.74 Å². The first-order valence-corrected chi connectivity index (χ1v) is 6.14. The number of methoxy groups -OCH3 is 1. The number of hydrogen-bond donors (Lipinski definition) is 1. The maximum absolute atomic E-state index is 13.0. The molecule has 2 aromatic carbocycles. The third kappa shape index (κ3) is 2.05. The Balaban J connectivity index is 2.10. The average Bonchev–Trinajstić information content (AvgIpc) is 2.90. The summed E-state index contributed by atoms with van der Waals surface area (Å²) in [6.07, 6.45) is 1.85. The van der Waals surface area contributed by atoms with Crippen LogP contribution in [0.25, 0.3) is 22.0 Å². The fourth-order valence-corrected chi connectivity index (χ4v) is 2.24. The normalized spacial score (nSPS) is 10.7. The number of H-pyrrole nitrogens is 1. The molecule has 0 aliphatic rings. The molecule has 0 unspecified atom stereocenters. The lowest BCUT2D eigenvalue weighted by atomic mass is 10.0. The van der Waals surface area contributed by atoms with Gasteiger partial charge >= 0.3 is 5.97 Å². The van der Waals surface area contributed by atoms with E-state index < -0.39 is 0 Å². The van der Waals surface area contributed by atoms with Crippen molar-refractivity contribution in [2.45, 2.75) is 0 Å². The number of carbonyl (C=O) groups excluding carboxylic acids is 1. The van der Waals surface area contributed by atoms with Crippen LogP contribution >= 0.6 is 0 Å². The average molecular weight is 269 g/mol. The number of hydrogen-bond acceptors (Lipinski definition) is 2. The molecule has 0 amide bonds. The molecule has 0 saturated carbocycles. The van der Waals surface area contributed by atoms with Crippen LogP contribution in [0.1, 0.15) is 10.4 Å². The van der Waals surface area contributed by atoms with Crippen LogP contribution in [0.3, 0.4) is 0 Å². The molecule has 4 heteroatoms. The van der Waals surface area contributed by atoms with E-state index in [2.05, 4.69) is 4.98 Å². The van der Waals surface area contributed by atoms with Gasteiger partial charge in [-0.2, -0.15) is 0 Å². The van der Waals surface area contributed by atoms with Gasteiger partial charge in [0.05, 0.1) is 12.7 Å². The molecule has 1 N–H and O–H groups in total. The molecule has 1 heterocycles. The van der Waals surface area contributed by atoms with Gasteiger partial charge in [0.25, 0.3) is 0 Å². The summed E-state index contributed by atoms with van der Waals surface area (Å²) in [5.74, 6) is -0.633. The van der Waals surface area contributed by atoms with E-state index in [1.807, 2.05) is 12.3 Å². The Kier molecular flexibility index (Phi) is 2.99. The van der Waals surface area contributed by atoms with E-state index in [0.29, 0.717) is 5.56 Å². The highest BCUT2D eigenvalue weighted by Gasteiger charge is 2.10. The first-order valence-electron chi connectivity index (χ1n) is 6.14. The molecule has 1 aromatic heterocycles. The molecule has 20 heavy (non-hydrogen) atoms. The summed E-state index contributed by atoms with van der Waals surface area (Å²) < 4.78 is 17.7. The zero-order valence-electron chi connectivity index (χ0n) is 10.8. The molecular formula is C16H12FNO2. The van der Waals surface area contributed by atoms with Crippen LogP contribution in [0.15, 0.2) is 48.7 Å². The van der Waals surface area contributed by atoms with Gasteiger partial charge in [-0.15, -0.1) is 0 Å². The van der Waals surface area contributed by atoms with Gasteiger partial charge in [-0.1, -0.05) is 18.2 Å². The Morgan fingerprint density at radius 3 is 2.60 bits per heavy atom. The van der Waals surface area contributed by atoms with E-state index in [1.54, 1.807) is 24.3 Å². The lowest BCUT2D eigenvalue weighted by molar-refractivity contribution is 0.0601. The van der Waals surface area contributed by atoms with Crippen molar-refractivity contribution < 1.29 is 13.9 Å². The highest BCUT2D eigenvalue weighted by atomic mass is 19.1. The van der Waals surface area contributed by atoms with Gasteiger partial charge in [0.15, 0.2) is 0 Å². The maximum Gasteiger partial charge on any atom is 0.337 e. The van der Waals surface area contributed by atoms with Crippen LogP contribution in [0.4, 0.5) is 4.39 Å². The van der Waals surface area contributed by atoms with Crippen LogP contribution in [0.2, 0.25) is 0 Å². The predicted octanol–water partition coefficient (Wildman–Crippen LogP) is 3.76. The number of benzene rings is 2. The lowest BCUT2D eigenvalue weighted by Crippen LogP contribution is -2.00. The molecule has 0 bridgehead atoms. The zero-order chi connectivity index (χ0) is 14.1. The standard InChI is InChI=1S/C16H12FNO2/c1-20-16(19)11-4-7-13-14(9-18-15(13)8-11)10-2-5-12(17)6-3-10/h2-9,18H,1H3. The third-order valence-electron chi connectivity index (χ3n) is 3.26. The van der Waals surface area contributed by atoms with E-state index in [1.165, 1.54) is 19.2 Å². The first-order chi connectivity index (χ1) is 9.69. The summed E-state index contributed by atoms with van der Waals surface area (Å²) >= 11 is 0. The Hall–Kier alpha value is -2.62. The molecular weight excluding hydrogens is 257 g/mol. The smallest absolute Gasteiger partial charge is 0.337 e. The number of nitrogens with one attached hydrogen (secondary N) is 1. The molecule has 0 radical (unpaired) electrons. The van der Waals surface area contributed by atoms with Crippen LogP contribution < -0.4 is 0 Å².